The van der Waals surface area contributed by atoms with E-state index in [-0.39, 0.29) is 0 Å². The first-order chi connectivity index (χ1) is 8.63. The lowest BCUT2D eigenvalue weighted by Crippen LogP contribution is -2.18. The minimum absolute atomic E-state index is 0.393. The van der Waals surface area contributed by atoms with Gasteiger partial charge in [0.15, 0.2) is 0 Å². The minimum Gasteiger partial charge on any atom is -0.381 e. The molecule has 0 aliphatic rings. The van der Waals surface area contributed by atoms with E-state index in [2.05, 4.69) is 50.4 Å². The number of aryl methyl sites for hydroxylation is 1. The summed E-state index contributed by atoms with van der Waals surface area (Å²) in [6.07, 6.45) is 2.17. The summed E-state index contributed by atoms with van der Waals surface area (Å²) in [5.41, 5.74) is 2.65. The average molecular weight is 249 g/mol. The predicted molar refractivity (Wildman–Crippen MR) is 77.9 cm³/mol. The Hall–Kier alpha value is -0.860. The van der Waals surface area contributed by atoms with Crippen molar-refractivity contribution >= 4 is 0 Å². The summed E-state index contributed by atoms with van der Waals surface area (Å²) in [6.45, 7) is 8.28. The van der Waals surface area contributed by atoms with Crippen LogP contribution in [0.25, 0.3) is 0 Å². The van der Waals surface area contributed by atoms with Crippen LogP contribution >= 0.6 is 0 Å². The summed E-state index contributed by atoms with van der Waals surface area (Å²) >= 11 is 0. The number of rotatable bonds is 8. The molecule has 0 fully saturated rings. The van der Waals surface area contributed by atoms with E-state index in [4.69, 9.17) is 4.74 Å². The van der Waals surface area contributed by atoms with Crippen molar-refractivity contribution in [1.82, 2.24) is 5.32 Å². The van der Waals surface area contributed by atoms with Gasteiger partial charge < -0.3 is 10.1 Å². The normalized spacial score (nSPS) is 12.9. The Bertz CT molecular complexity index is 318. The smallest absolute Gasteiger partial charge is 0.0484 e. The van der Waals surface area contributed by atoms with Crippen LogP contribution in [-0.2, 0) is 4.74 Å². The maximum atomic E-state index is 5.68. The minimum atomic E-state index is 0.393. The van der Waals surface area contributed by atoms with Crippen LogP contribution in [0.4, 0.5) is 0 Å². The zero-order valence-corrected chi connectivity index (χ0v) is 12.2. The molecule has 1 aromatic carbocycles. The van der Waals surface area contributed by atoms with Crippen molar-refractivity contribution in [1.29, 1.82) is 0 Å². The maximum absolute atomic E-state index is 5.68. The van der Waals surface area contributed by atoms with Crippen molar-refractivity contribution in [3.63, 3.8) is 0 Å². The average Bonchev–Trinajstić information content (AvgIpc) is 2.35. The number of benzene rings is 1. The highest BCUT2D eigenvalue weighted by molar-refractivity contribution is 5.24. The van der Waals surface area contributed by atoms with Crippen molar-refractivity contribution in [2.75, 3.05) is 20.3 Å². The van der Waals surface area contributed by atoms with Gasteiger partial charge in [-0.25, -0.2) is 0 Å². The second-order valence-corrected chi connectivity index (χ2v) is 5.34. The summed E-state index contributed by atoms with van der Waals surface area (Å²) in [6, 6.07) is 9.12. The first-order valence-electron chi connectivity index (χ1n) is 6.95. The van der Waals surface area contributed by atoms with E-state index >= 15 is 0 Å². The van der Waals surface area contributed by atoms with Crippen LogP contribution < -0.4 is 5.32 Å². The van der Waals surface area contributed by atoms with Crippen LogP contribution in [0.15, 0.2) is 24.3 Å². The summed E-state index contributed by atoms with van der Waals surface area (Å²) < 4.78 is 5.68. The molecule has 0 radical (unpaired) electrons. The summed E-state index contributed by atoms with van der Waals surface area (Å²) in [5.74, 6) is 0.724. The van der Waals surface area contributed by atoms with Crippen LogP contribution in [0, 0.1) is 12.8 Å². The number of ether oxygens (including phenoxy) is 1. The largest absolute Gasteiger partial charge is 0.381 e. The van der Waals surface area contributed by atoms with Crippen molar-refractivity contribution in [3.8, 4) is 0 Å². The molecule has 0 bridgehead atoms. The van der Waals surface area contributed by atoms with Crippen LogP contribution in [0.2, 0.25) is 0 Å². The lowest BCUT2D eigenvalue weighted by Gasteiger charge is -2.17. The first kappa shape index (κ1) is 15.2. The SMILES string of the molecule is CNC(CCOCCC(C)C)c1ccc(C)cc1. The predicted octanol–water partition coefficient (Wildman–Crippen LogP) is 3.71. The molecule has 1 rings (SSSR count). The van der Waals surface area contributed by atoms with E-state index < -0.39 is 0 Å². The first-order valence-corrected chi connectivity index (χ1v) is 6.95. The number of hydrogen-bond donors (Lipinski definition) is 1. The molecule has 0 saturated heterocycles. The molecule has 1 unspecified atom stereocenters. The summed E-state index contributed by atoms with van der Waals surface area (Å²) in [7, 11) is 2.01. The molecule has 0 aliphatic carbocycles. The van der Waals surface area contributed by atoms with Gasteiger partial charge in [-0.05, 0) is 38.3 Å². The molecule has 2 nitrogen and oxygen atoms in total. The Balaban J connectivity index is 2.31. The van der Waals surface area contributed by atoms with E-state index in [9.17, 15) is 0 Å². The van der Waals surface area contributed by atoms with Crippen molar-refractivity contribution in [2.45, 2.75) is 39.7 Å². The Kier molecular flexibility index (Phi) is 6.99. The van der Waals surface area contributed by atoms with Crippen LogP contribution in [0.1, 0.15) is 43.9 Å². The maximum Gasteiger partial charge on any atom is 0.0484 e. The molecule has 0 aromatic heterocycles. The highest BCUT2D eigenvalue weighted by atomic mass is 16.5. The zero-order valence-electron chi connectivity index (χ0n) is 12.2. The van der Waals surface area contributed by atoms with E-state index in [1.807, 2.05) is 7.05 Å². The van der Waals surface area contributed by atoms with Gasteiger partial charge in [-0.1, -0.05) is 43.7 Å². The molecular formula is C16H27NO. The van der Waals surface area contributed by atoms with Crippen LogP contribution in [0.5, 0.6) is 0 Å². The highest BCUT2D eigenvalue weighted by Crippen LogP contribution is 2.17. The van der Waals surface area contributed by atoms with Crippen LogP contribution in [0.3, 0.4) is 0 Å². The second-order valence-electron chi connectivity index (χ2n) is 5.34. The quantitative estimate of drug-likeness (QED) is 0.709. The molecule has 1 aromatic rings. The standard InChI is InChI=1S/C16H27NO/c1-13(2)9-11-18-12-10-16(17-4)15-7-5-14(3)6-8-15/h5-8,13,16-17H,9-12H2,1-4H3. The van der Waals surface area contributed by atoms with E-state index in [1.54, 1.807) is 0 Å². The third-order valence-electron chi connectivity index (χ3n) is 3.22. The fraction of sp³-hybridized carbons (Fsp3) is 0.625. The number of nitrogens with one attached hydrogen (secondary N) is 1. The van der Waals surface area contributed by atoms with Gasteiger partial charge in [0.1, 0.15) is 0 Å². The monoisotopic (exact) mass is 249 g/mol. The Labute approximate surface area is 112 Å². The van der Waals surface area contributed by atoms with Gasteiger partial charge in [-0.15, -0.1) is 0 Å². The zero-order chi connectivity index (χ0) is 13.4. The van der Waals surface area contributed by atoms with Gasteiger partial charge in [0.2, 0.25) is 0 Å². The third-order valence-corrected chi connectivity index (χ3v) is 3.22. The third kappa shape index (κ3) is 5.65. The lowest BCUT2D eigenvalue weighted by atomic mass is 10.0. The Morgan fingerprint density at radius 3 is 2.22 bits per heavy atom. The van der Waals surface area contributed by atoms with Gasteiger partial charge in [-0.3, -0.25) is 0 Å². The summed E-state index contributed by atoms with van der Waals surface area (Å²) in [4.78, 5) is 0. The molecular weight excluding hydrogens is 222 g/mol. The lowest BCUT2D eigenvalue weighted by molar-refractivity contribution is 0.115. The molecule has 18 heavy (non-hydrogen) atoms. The van der Waals surface area contributed by atoms with Gasteiger partial charge >= 0.3 is 0 Å². The molecule has 0 heterocycles. The topological polar surface area (TPSA) is 21.3 Å². The van der Waals surface area contributed by atoms with E-state index in [0.717, 1.165) is 32.0 Å². The highest BCUT2D eigenvalue weighted by Gasteiger charge is 2.08. The van der Waals surface area contributed by atoms with E-state index in [1.165, 1.54) is 11.1 Å². The van der Waals surface area contributed by atoms with Gasteiger partial charge in [0, 0.05) is 19.3 Å². The van der Waals surface area contributed by atoms with Crippen molar-refractivity contribution in [2.24, 2.45) is 5.92 Å². The molecule has 1 atom stereocenters. The second kappa shape index (κ2) is 8.28. The van der Waals surface area contributed by atoms with Gasteiger partial charge in [0.25, 0.3) is 0 Å². The van der Waals surface area contributed by atoms with Gasteiger partial charge in [0.05, 0.1) is 0 Å². The van der Waals surface area contributed by atoms with E-state index in [0.29, 0.717) is 6.04 Å². The summed E-state index contributed by atoms with van der Waals surface area (Å²) in [5, 5.41) is 3.36. The molecule has 102 valence electrons. The molecule has 0 amide bonds. The van der Waals surface area contributed by atoms with Crippen LogP contribution in [-0.4, -0.2) is 20.3 Å². The molecule has 0 aliphatic heterocycles. The van der Waals surface area contributed by atoms with Crippen molar-refractivity contribution in [3.05, 3.63) is 35.4 Å². The fourth-order valence-electron chi connectivity index (χ4n) is 1.90. The Morgan fingerprint density at radius 1 is 1.06 bits per heavy atom. The molecule has 2 heteroatoms. The van der Waals surface area contributed by atoms with Gasteiger partial charge in [-0.2, -0.15) is 0 Å². The number of hydrogen-bond acceptors (Lipinski definition) is 2. The molecule has 1 N–H and O–H groups in total. The van der Waals surface area contributed by atoms with Crippen molar-refractivity contribution < 1.29 is 4.74 Å². The molecule has 0 saturated carbocycles. The Morgan fingerprint density at radius 2 is 1.67 bits per heavy atom. The fourth-order valence-corrected chi connectivity index (χ4v) is 1.90. The molecule has 0 spiro atoms.